The first-order valence-electron chi connectivity index (χ1n) is 23.8. The summed E-state index contributed by atoms with van der Waals surface area (Å²) >= 11 is 1.84. The fraction of sp³-hybridized carbons (Fsp3) is 0.0154. The Hall–Kier alpha value is -8.90. The van der Waals surface area contributed by atoms with E-state index < -0.39 is 6.17 Å². The van der Waals surface area contributed by atoms with Gasteiger partial charge in [0, 0.05) is 47.8 Å². The monoisotopic (exact) mass is 910 g/mol. The van der Waals surface area contributed by atoms with Crippen molar-refractivity contribution in [2.75, 3.05) is 0 Å². The van der Waals surface area contributed by atoms with Gasteiger partial charge in [-0.25, -0.2) is 9.98 Å². The third kappa shape index (κ3) is 6.81. The number of aromatic nitrogens is 1. The van der Waals surface area contributed by atoms with E-state index in [0.29, 0.717) is 5.84 Å². The molecule has 2 aromatic heterocycles. The lowest BCUT2D eigenvalue weighted by atomic mass is 9.96. The molecule has 3 heterocycles. The van der Waals surface area contributed by atoms with Crippen molar-refractivity contribution < 1.29 is 0 Å². The molecule has 1 atom stereocenters. The zero-order valence-corrected chi connectivity index (χ0v) is 38.7. The first-order chi connectivity index (χ1) is 34.7. The van der Waals surface area contributed by atoms with Crippen LogP contribution in [-0.4, -0.2) is 16.2 Å². The average Bonchev–Trinajstić information content (AvgIpc) is 3.97. The first-order valence-corrected chi connectivity index (χ1v) is 24.6. The molecule has 5 heteroatoms. The van der Waals surface area contributed by atoms with E-state index in [9.17, 15) is 0 Å². The molecular weight excluding hydrogens is 869 g/mol. The fourth-order valence-electron chi connectivity index (χ4n) is 10.6. The van der Waals surface area contributed by atoms with Crippen LogP contribution in [-0.2, 0) is 0 Å². The van der Waals surface area contributed by atoms with Crippen molar-refractivity contribution in [3.8, 4) is 39.1 Å². The number of thiophene rings is 1. The molecule has 0 fully saturated rings. The van der Waals surface area contributed by atoms with Gasteiger partial charge in [0.25, 0.3) is 0 Å². The second-order valence-electron chi connectivity index (χ2n) is 18.2. The van der Waals surface area contributed by atoms with E-state index in [4.69, 9.17) is 9.98 Å². The molecule has 4 nitrogen and oxygen atoms in total. The number of aliphatic imine (C=N–C) groups is 2. The Kier molecular flexibility index (Phi) is 9.42. The van der Waals surface area contributed by atoms with Crippen molar-refractivity contribution in [2.45, 2.75) is 6.17 Å². The van der Waals surface area contributed by atoms with Crippen molar-refractivity contribution in [1.29, 1.82) is 0 Å². The molecule has 13 aromatic rings. The molecule has 1 aliphatic rings. The SMILES string of the molecule is c1ccc(-c2ccc(C3=NC(c4ccc(-n5c6cc7ccccc7cc6c6c7ccccc7ccc65)cc4-c4ccc5c(c4)sc4ccccc45)=NC(c4ccc(-c5ccccc5)cc4)N3)cc2)cc1. The van der Waals surface area contributed by atoms with E-state index in [0.717, 1.165) is 50.5 Å². The number of hydrogen-bond donors (Lipinski definition) is 1. The molecule has 0 saturated carbocycles. The number of rotatable bonds is 7. The molecule has 11 aromatic carbocycles. The van der Waals surface area contributed by atoms with E-state index in [-0.39, 0.29) is 0 Å². The van der Waals surface area contributed by atoms with Gasteiger partial charge < -0.3 is 9.88 Å². The Morgan fingerprint density at radius 1 is 0.386 bits per heavy atom. The molecule has 1 N–H and O–H groups in total. The van der Waals surface area contributed by atoms with Crippen LogP contribution in [0, 0.1) is 0 Å². The summed E-state index contributed by atoms with van der Waals surface area (Å²) in [5.41, 5.74) is 13.3. The van der Waals surface area contributed by atoms with Crippen LogP contribution in [0.4, 0.5) is 0 Å². The topological polar surface area (TPSA) is 41.7 Å². The van der Waals surface area contributed by atoms with Crippen LogP contribution in [0.2, 0.25) is 0 Å². The van der Waals surface area contributed by atoms with E-state index in [1.807, 2.05) is 11.3 Å². The lowest BCUT2D eigenvalue weighted by Gasteiger charge is -2.25. The molecule has 1 aliphatic heterocycles. The van der Waals surface area contributed by atoms with Gasteiger partial charge in [-0.2, -0.15) is 0 Å². The molecule has 0 aliphatic carbocycles. The molecule has 1 unspecified atom stereocenters. The smallest absolute Gasteiger partial charge is 0.160 e. The molecule has 0 spiro atoms. The van der Waals surface area contributed by atoms with Gasteiger partial charge in [0.2, 0.25) is 0 Å². The fourth-order valence-corrected chi connectivity index (χ4v) is 11.7. The van der Waals surface area contributed by atoms with Crippen molar-refractivity contribution in [1.82, 2.24) is 9.88 Å². The van der Waals surface area contributed by atoms with Crippen molar-refractivity contribution in [3.05, 3.63) is 259 Å². The molecular formula is C65H42N4S. The molecule has 0 bridgehead atoms. The van der Waals surface area contributed by atoms with Gasteiger partial charge in [0.15, 0.2) is 5.84 Å². The Morgan fingerprint density at radius 3 is 1.74 bits per heavy atom. The summed E-state index contributed by atoms with van der Waals surface area (Å²) in [6, 6.07) is 87.8. The quantitative estimate of drug-likeness (QED) is 0.170. The van der Waals surface area contributed by atoms with Crippen LogP contribution in [0.3, 0.4) is 0 Å². The molecule has 70 heavy (non-hydrogen) atoms. The summed E-state index contributed by atoms with van der Waals surface area (Å²) < 4.78 is 4.99. The number of amidine groups is 2. The van der Waals surface area contributed by atoms with Crippen molar-refractivity contribution in [2.24, 2.45) is 9.98 Å². The molecule has 0 amide bonds. The first kappa shape index (κ1) is 40.2. The maximum Gasteiger partial charge on any atom is 0.160 e. The summed E-state index contributed by atoms with van der Waals surface area (Å²) in [6.45, 7) is 0. The maximum absolute atomic E-state index is 5.52. The number of benzene rings is 11. The summed E-state index contributed by atoms with van der Waals surface area (Å²) in [6.07, 6.45) is -0.391. The lowest BCUT2D eigenvalue weighted by Crippen LogP contribution is -2.33. The highest BCUT2D eigenvalue weighted by atomic mass is 32.1. The largest absolute Gasteiger partial charge is 0.344 e. The average molecular weight is 911 g/mol. The van der Waals surface area contributed by atoms with Crippen LogP contribution < -0.4 is 5.32 Å². The highest BCUT2D eigenvalue weighted by Crippen LogP contribution is 2.42. The molecule has 328 valence electrons. The van der Waals surface area contributed by atoms with Gasteiger partial charge in [0.1, 0.15) is 12.0 Å². The van der Waals surface area contributed by atoms with E-state index in [1.54, 1.807) is 0 Å². The van der Waals surface area contributed by atoms with Crippen LogP contribution in [0.15, 0.2) is 253 Å². The minimum absolute atomic E-state index is 0.391. The number of hydrogen-bond acceptors (Lipinski definition) is 4. The minimum atomic E-state index is -0.391. The van der Waals surface area contributed by atoms with Gasteiger partial charge >= 0.3 is 0 Å². The van der Waals surface area contributed by atoms with E-state index >= 15 is 0 Å². The second-order valence-corrected chi connectivity index (χ2v) is 19.2. The third-order valence-electron chi connectivity index (χ3n) is 14.1. The van der Waals surface area contributed by atoms with Crippen LogP contribution in [0.5, 0.6) is 0 Å². The maximum atomic E-state index is 5.52. The summed E-state index contributed by atoms with van der Waals surface area (Å²) in [5, 5.41) is 13.7. The van der Waals surface area contributed by atoms with E-state index in [2.05, 4.69) is 253 Å². The normalized spacial score (nSPS) is 13.9. The molecule has 14 rings (SSSR count). The second kappa shape index (κ2) is 16.4. The predicted molar refractivity (Wildman–Crippen MR) is 297 cm³/mol. The predicted octanol–water partition coefficient (Wildman–Crippen LogP) is 17.0. The Bertz CT molecular complexity index is 4240. The summed E-state index contributed by atoms with van der Waals surface area (Å²) in [7, 11) is 0. The van der Waals surface area contributed by atoms with Gasteiger partial charge in [-0.3, -0.25) is 0 Å². The van der Waals surface area contributed by atoms with Crippen LogP contribution >= 0.6 is 11.3 Å². The van der Waals surface area contributed by atoms with Crippen LogP contribution in [0.1, 0.15) is 22.9 Å². The Balaban J connectivity index is 0.990. The number of fused-ring (bicyclic) bond motifs is 9. The summed E-state index contributed by atoms with van der Waals surface area (Å²) in [5.74, 6) is 1.45. The highest BCUT2D eigenvalue weighted by Gasteiger charge is 2.25. The Labute approximate surface area is 408 Å². The van der Waals surface area contributed by atoms with Gasteiger partial charge in [-0.05, 0) is 109 Å². The zero-order valence-electron chi connectivity index (χ0n) is 37.9. The summed E-state index contributed by atoms with van der Waals surface area (Å²) in [4.78, 5) is 11.0. The number of nitrogens with one attached hydrogen (secondary N) is 1. The Morgan fingerprint density at radius 2 is 0.986 bits per heavy atom. The van der Waals surface area contributed by atoms with Gasteiger partial charge in [-0.15, -0.1) is 11.3 Å². The number of nitrogens with zero attached hydrogens (tertiary/aromatic N) is 3. The zero-order chi connectivity index (χ0) is 46.1. The molecule has 0 saturated heterocycles. The standard InChI is InChI=1S/C65H42N4S/c1-3-13-41(14-4-1)43-23-27-46(28-24-43)63-66-64(47-29-25-44(26-30-47)42-15-5-2-6-16-42)68-65(67-63)55-35-33-51(40-56(55)50-31-34-54-53-21-11-12-22-60(53)70-61(54)39-50)69-58-36-32-45-17-9-10-20-52(45)62(58)57-37-48-18-7-8-19-49(48)38-59(57)69/h1-40,63H,(H,66,67,68). The van der Waals surface area contributed by atoms with Gasteiger partial charge in [-0.1, -0.05) is 194 Å². The van der Waals surface area contributed by atoms with E-state index in [1.165, 1.54) is 74.6 Å². The van der Waals surface area contributed by atoms with Crippen molar-refractivity contribution >= 4 is 86.5 Å². The minimum Gasteiger partial charge on any atom is -0.344 e. The highest BCUT2D eigenvalue weighted by molar-refractivity contribution is 7.25. The van der Waals surface area contributed by atoms with Crippen LogP contribution in [0.25, 0.3) is 103 Å². The van der Waals surface area contributed by atoms with Crippen molar-refractivity contribution in [3.63, 3.8) is 0 Å². The third-order valence-corrected chi connectivity index (χ3v) is 15.2. The lowest BCUT2D eigenvalue weighted by molar-refractivity contribution is 0.674. The molecule has 0 radical (unpaired) electrons. The van der Waals surface area contributed by atoms with Gasteiger partial charge in [0.05, 0.1) is 11.0 Å².